The lowest BCUT2D eigenvalue weighted by Gasteiger charge is -2.06. The number of benzene rings is 1. The molecule has 1 aromatic carbocycles. The number of nitriles is 1. The van der Waals surface area contributed by atoms with Crippen LogP contribution in [0.15, 0.2) is 54.2 Å². The van der Waals surface area contributed by atoms with E-state index in [4.69, 9.17) is 11.6 Å². The highest BCUT2D eigenvalue weighted by Crippen LogP contribution is 2.21. The topological polar surface area (TPSA) is 70.2 Å². The number of aromatic nitrogens is 2. The molecule has 6 heteroatoms. The van der Waals surface area contributed by atoms with Gasteiger partial charge in [0.1, 0.15) is 17.3 Å². The Bertz CT molecular complexity index is 1030. The van der Waals surface area contributed by atoms with Crippen LogP contribution in [0.25, 0.3) is 11.7 Å². The van der Waals surface area contributed by atoms with E-state index >= 15 is 0 Å². The predicted molar refractivity (Wildman–Crippen MR) is 107 cm³/mol. The Morgan fingerprint density at radius 3 is 2.78 bits per heavy atom. The SMILES string of the molecule is CCCCc1ccc(NC(=O)/C(C#N)=C/c2c(Cl)nc3ccccn23)cc1. The fourth-order valence-corrected chi connectivity index (χ4v) is 2.97. The molecule has 2 heterocycles. The number of aryl methyl sites for hydroxylation is 1. The summed E-state index contributed by atoms with van der Waals surface area (Å²) in [6, 6.07) is 15.1. The van der Waals surface area contributed by atoms with Crippen molar-refractivity contribution in [3.05, 3.63) is 70.6 Å². The van der Waals surface area contributed by atoms with E-state index in [2.05, 4.69) is 17.2 Å². The first-order valence-corrected chi connectivity index (χ1v) is 9.15. The molecule has 1 N–H and O–H groups in total. The summed E-state index contributed by atoms with van der Waals surface area (Å²) in [5.41, 5.74) is 2.97. The van der Waals surface area contributed by atoms with Gasteiger partial charge >= 0.3 is 0 Å². The molecule has 136 valence electrons. The summed E-state index contributed by atoms with van der Waals surface area (Å²) >= 11 is 6.17. The quantitative estimate of drug-likeness (QED) is 0.491. The van der Waals surface area contributed by atoms with Gasteiger partial charge in [0.2, 0.25) is 0 Å². The van der Waals surface area contributed by atoms with Crippen LogP contribution in [-0.2, 0) is 11.2 Å². The van der Waals surface area contributed by atoms with Gasteiger partial charge in [0.05, 0.1) is 5.69 Å². The Balaban J connectivity index is 1.81. The molecule has 0 aliphatic carbocycles. The van der Waals surface area contributed by atoms with Crippen molar-refractivity contribution in [1.82, 2.24) is 9.38 Å². The van der Waals surface area contributed by atoms with Gasteiger partial charge in [-0.1, -0.05) is 43.1 Å². The maximum absolute atomic E-state index is 12.5. The molecule has 27 heavy (non-hydrogen) atoms. The fourth-order valence-electron chi connectivity index (χ4n) is 2.73. The second-order valence-corrected chi connectivity index (χ2v) is 6.50. The van der Waals surface area contributed by atoms with E-state index in [0.717, 1.165) is 19.3 Å². The zero-order chi connectivity index (χ0) is 19.2. The number of nitrogens with one attached hydrogen (secondary N) is 1. The number of hydrogen-bond donors (Lipinski definition) is 1. The second kappa shape index (κ2) is 8.52. The molecule has 0 atom stereocenters. The van der Waals surface area contributed by atoms with Gasteiger partial charge in [-0.3, -0.25) is 9.20 Å². The molecule has 1 amide bonds. The van der Waals surface area contributed by atoms with Crippen molar-refractivity contribution < 1.29 is 4.79 Å². The first kappa shape index (κ1) is 18.7. The first-order chi connectivity index (χ1) is 13.1. The van der Waals surface area contributed by atoms with E-state index in [0.29, 0.717) is 17.0 Å². The highest BCUT2D eigenvalue weighted by molar-refractivity contribution is 6.31. The minimum absolute atomic E-state index is 0.0439. The molecular weight excluding hydrogens is 360 g/mol. The lowest BCUT2D eigenvalue weighted by atomic mass is 10.1. The minimum atomic E-state index is -0.485. The highest BCUT2D eigenvalue weighted by Gasteiger charge is 2.14. The van der Waals surface area contributed by atoms with E-state index < -0.39 is 5.91 Å². The van der Waals surface area contributed by atoms with Crippen LogP contribution in [0, 0.1) is 11.3 Å². The van der Waals surface area contributed by atoms with Gasteiger partial charge in [-0.05, 0) is 48.7 Å². The van der Waals surface area contributed by atoms with Crippen molar-refractivity contribution in [1.29, 1.82) is 5.26 Å². The minimum Gasteiger partial charge on any atom is -0.321 e. The Hall–Kier alpha value is -3.10. The number of carbonyl (C=O) groups is 1. The largest absolute Gasteiger partial charge is 0.321 e. The summed E-state index contributed by atoms with van der Waals surface area (Å²) in [5, 5.41) is 12.4. The van der Waals surface area contributed by atoms with Crippen LogP contribution in [-0.4, -0.2) is 15.3 Å². The zero-order valence-electron chi connectivity index (χ0n) is 14.9. The molecule has 5 nitrogen and oxygen atoms in total. The van der Waals surface area contributed by atoms with Gasteiger partial charge in [-0.15, -0.1) is 0 Å². The molecule has 0 fully saturated rings. The predicted octanol–water partition coefficient (Wildman–Crippen LogP) is 4.88. The first-order valence-electron chi connectivity index (χ1n) is 8.77. The van der Waals surface area contributed by atoms with Crippen molar-refractivity contribution in [3.63, 3.8) is 0 Å². The van der Waals surface area contributed by atoms with Crippen LogP contribution >= 0.6 is 11.6 Å². The second-order valence-electron chi connectivity index (χ2n) is 6.14. The number of hydrogen-bond acceptors (Lipinski definition) is 3. The standard InChI is InChI=1S/C21H19ClN4O/c1-2-3-6-15-8-10-17(11-9-15)24-21(27)16(14-23)13-18-20(22)25-19-7-4-5-12-26(18)19/h4-5,7-13H,2-3,6H2,1H3,(H,24,27)/b16-13+. The lowest BCUT2D eigenvalue weighted by Crippen LogP contribution is -2.13. The number of anilines is 1. The van der Waals surface area contributed by atoms with E-state index in [1.54, 1.807) is 16.7 Å². The van der Waals surface area contributed by atoms with Crippen molar-refractivity contribution >= 4 is 34.9 Å². The molecule has 3 rings (SSSR count). The van der Waals surface area contributed by atoms with Gasteiger partial charge in [-0.2, -0.15) is 5.26 Å². The maximum atomic E-state index is 12.5. The van der Waals surface area contributed by atoms with Crippen molar-refractivity contribution in [2.45, 2.75) is 26.2 Å². The number of fused-ring (bicyclic) bond motifs is 1. The summed E-state index contributed by atoms with van der Waals surface area (Å²) in [6.07, 6.45) is 6.52. The smallest absolute Gasteiger partial charge is 0.266 e. The summed E-state index contributed by atoms with van der Waals surface area (Å²) in [4.78, 5) is 16.7. The number of pyridine rings is 1. The van der Waals surface area contributed by atoms with Gasteiger partial charge < -0.3 is 5.32 Å². The zero-order valence-corrected chi connectivity index (χ0v) is 15.7. The van der Waals surface area contributed by atoms with Crippen molar-refractivity contribution in [2.24, 2.45) is 0 Å². The summed E-state index contributed by atoms with van der Waals surface area (Å²) in [7, 11) is 0. The van der Waals surface area contributed by atoms with Crippen LogP contribution in [0.4, 0.5) is 5.69 Å². The number of imidazole rings is 1. The number of carbonyl (C=O) groups excluding carboxylic acids is 1. The fraction of sp³-hybridized carbons (Fsp3) is 0.190. The van der Waals surface area contributed by atoms with E-state index in [-0.39, 0.29) is 10.7 Å². The lowest BCUT2D eigenvalue weighted by molar-refractivity contribution is -0.112. The Kier molecular flexibility index (Phi) is 5.90. The number of halogens is 1. The van der Waals surface area contributed by atoms with Crippen LogP contribution in [0.2, 0.25) is 5.15 Å². The summed E-state index contributed by atoms with van der Waals surface area (Å²) < 4.78 is 1.73. The van der Waals surface area contributed by atoms with Gasteiger partial charge in [0, 0.05) is 11.9 Å². The molecule has 0 aliphatic rings. The Labute approximate surface area is 162 Å². The summed E-state index contributed by atoms with van der Waals surface area (Å²) in [5.74, 6) is -0.485. The molecule has 2 aromatic heterocycles. The monoisotopic (exact) mass is 378 g/mol. The van der Waals surface area contributed by atoms with Gasteiger partial charge in [0.25, 0.3) is 5.91 Å². The highest BCUT2D eigenvalue weighted by atomic mass is 35.5. The van der Waals surface area contributed by atoms with Crippen LogP contribution in [0.1, 0.15) is 31.0 Å². The average molecular weight is 379 g/mol. The molecule has 0 radical (unpaired) electrons. The number of amides is 1. The Morgan fingerprint density at radius 1 is 1.30 bits per heavy atom. The third-order valence-corrected chi connectivity index (χ3v) is 4.48. The normalized spacial score (nSPS) is 11.4. The van der Waals surface area contributed by atoms with Crippen LogP contribution < -0.4 is 5.32 Å². The molecule has 0 bridgehead atoms. The molecule has 0 saturated heterocycles. The summed E-state index contributed by atoms with van der Waals surface area (Å²) in [6.45, 7) is 2.15. The van der Waals surface area contributed by atoms with Gasteiger partial charge in [-0.25, -0.2) is 4.98 Å². The van der Waals surface area contributed by atoms with Crippen LogP contribution in [0.3, 0.4) is 0 Å². The third kappa shape index (κ3) is 4.36. The van der Waals surface area contributed by atoms with E-state index in [9.17, 15) is 10.1 Å². The van der Waals surface area contributed by atoms with Crippen molar-refractivity contribution in [2.75, 3.05) is 5.32 Å². The van der Waals surface area contributed by atoms with Crippen LogP contribution in [0.5, 0.6) is 0 Å². The molecular formula is C21H19ClN4O. The molecule has 3 aromatic rings. The molecule has 0 saturated carbocycles. The molecule has 0 aliphatic heterocycles. The maximum Gasteiger partial charge on any atom is 0.266 e. The van der Waals surface area contributed by atoms with Crippen molar-refractivity contribution in [3.8, 4) is 6.07 Å². The molecule has 0 unspecified atom stereocenters. The third-order valence-electron chi connectivity index (χ3n) is 4.20. The Morgan fingerprint density at radius 2 is 2.07 bits per heavy atom. The number of nitrogens with zero attached hydrogens (tertiary/aromatic N) is 3. The van der Waals surface area contributed by atoms with E-state index in [1.807, 2.05) is 42.5 Å². The number of rotatable bonds is 6. The number of unbranched alkanes of at least 4 members (excludes halogenated alkanes) is 1. The van der Waals surface area contributed by atoms with E-state index in [1.165, 1.54) is 11.6 Å². The van der Waals surface area contributed by atoms with Gasteiger partial charge in [0.15, 0.2) is 5.15 Å². The molecule has 0 spiro atoms. The average Bonchev–Trinajstić information content (AvgIpc) is 3.00.